The van der Waals surface area contributed by atoms with Gasteiger partial charge in [-0.05, 0) is 54.8 Å². The van der Waals surface area contributed by atoms with Crippen molar-refractivity contribution in [1.82, 2.24) is 15.0 Å². The molecule has 2 aromatic heterocycles. The molecule has 0 radical (unpaired) electrons. The summed E-state index contributed by atoms with van der Waals surface area (Å²) in [4.78, 5) is 15.7. The Bertz CT molecular complexity index is 1480. The quantitative estimate of drug-likeness (QED) is 0.417. The molecule has 3 heterocycles. The van der Waals surface area contributed by atoms with Gasteiger partial charge in [0.2, 0.25) is 0 Å². The number of nitrogens with one attached hydrogen (secondary N) is 1. The molecular formula is C28H36F2N6O2S. The molecule has 0 bridgehead atoms. The van der Waals surface area contributed by atoms with Crippen molar-refractivity contribution >= 4 is 37.9 Å². The van der Waals surface area contributed by atoms with Gasteiger partial charge in [-0.15, -0.1) is 0 Å². The highest BCUT2D eigenvalue weighted by Crippen LogP contribution is 2.41. The Balaban J connectivity index is 1.41. The minimum absolute atomic E-state index is 0.0977. The maximum atomic E-state index is 14.2. The van der Waals surface area contributed by atoms with Crippen LogP contribution in [0.4, 0.5) is 26.1 Å². The third-order valence-corrected chi connectivity index (χ3v) is 9.18. The molecule has 210 valence electrons. The topological polar surface area (TPSA) is 114 Å². The smallest absolute Gasteiger partial charge is 0.263 e. The summed E-state index contributed by atoms with van der Waals surface area (Å²) in [7, 11) is -3.04. The summed E-state index contributed by atoms with van der Waals surface area (Å²) in [5, 5.41) is 5.29. The summed E-state index contributed by atoms with van der Waals surface area (Å²) >= 11 is 0. The number of anilines is 3. The molecule has 5 rings (SSSR count). The van der Waals surface area contributed by atoms with Gasteiger partial charge in [0.25, 0.3) is 5.92 Å². The molecule has 0 unspecified atom stereocenters. The van der Waals surface area contributed by atoms with Crippen LogP contribution in [0.15, 0.2) is 36.7 Å². The summed E-state index contributed by atoms with van der Waals surface area (Å²) in [6.07, 6.45) is 5.10. The van der Waals surface area contributed by atoms with Crippen LogP contribution < -0.4 is 16.0 Å². The normalized spacial score (nSPS) is 25.1. The van der Waals surface area contributed by atoms with Crippen molar-refractivity contribution < 1.29 is 17.2 Å². The van der Waals surface area contributed by atoms with Gasteiger partial charge in [-0.2, -0.15) is 0 Å². The SMILES string of the molecule is CC(C)c1ccc(N2C[C@H](CS(C)(=O)=O)[C@H]2C)c2cnc(Nc3ccnc([C@H]4CC[C@@H](N)C(F)(F)C4)n3)cc12. The molecule has 1 aliphatic carbocycles. The van der Waals surface area contributed by atoms with Crippen molar-refractivity contribution in [3.8, 4) is 0 Å². The number of pyridine rings is 1. The van der Waals surface area contributed by atoms with Crippen molar-refractivity contribution in [1.29, 1.82) is 0 Å². The highest BCUT2D eigenvalue weighted by atomic mass is 32.2. The fourth-order valence-electron chi connectivity index (χ4n) is 5.82. The predicted molar refractivity (Wildman–Crippen MR) is 151 cm³/mol. The fraction of sp³-hybridized carbons (Fsp3) is 0.536. The first-order valence-electron chi connectivity index (χ1n) is 13.4. The second-order valence-electron chi connectivity index (χ2n) is 11.5. The number of rotatable bonds is 7. The molecule has 1 saturated carbocycles. The van der Waals surface area contributed by atoms with Crippen LogP contribution in [0.1, 0.15) is 63.3 Å². The molecule has 0 spiro atoms. The third-order valence-electron chi connectivity index (χ3n) is 8.15. The molecule has 1 aliphatic heterocycles. The Morgan fingerprint density at radius 3 is 2.59 bits per heavy atom. The highest BCUT2D eigenvalue weighted by molar-refractivity contribution is 7.90. The summed E-state index contributed by atoms with van der Waals surface area (Å²) < 4.78 is 52.1. The fourth-order valence-corrected chi connectivity index (χ4v) is 6.98. The molecule has 0 amide bonds. The van der Waals surface area contributed by atoms with Crippen LogP contribution in [0.5, 0.6) is 0 Å². The van der Waals surface area contributed by atoms with Crippen LogP contribution in [-0.2, 0) is 9.84 Å². The van der Waals surface area contributed by atoms with Crippen LogP contribution in [-0.4, -0.2) is 59.9 Å². The van der Waals surface area contributed by atoms with Gasteiger partial charge in [0.1, 0.15) is 27.3 Å². The second kappa shape index (κ2) is 10.2. The van der Waals surface area contributed by atoms with Crippen molar-refractivity contribution in [2.75, 3.05) is 28.8 Å². The van der Waals surface area contributed by atoms with Crippen LogP contribution in [0.25, 0.3) is 10.8 Å². The molecule has 2 fully saturated rings. The van der Waals surface area contributed by atoms with Crippen LogP contribution in [0.3, 0.4) is 0 Å². The summed E-state index contributed by atoms with van der Waals surface area (Å²) in [6, 6.07) is 6.89. The van der Waals surface area contributed by atoms with Crippen molar-refractivity contribution in [3.05, 3.63) is 48.0 Å². The third kappa shape index (κ3) is 5.70. The first-order chi connectivity index (χ1) is 18.3. The van der Waals surface area contributed by atoms with Gasteiger partial charge in [0, 0.05) is 60.6 Å². The Morgan fingerprint density at radius 2 is 1.92 bits per heavy atom. The molecule has 39 heavy (non-hydrogen) atoms. The lowest BCUT2D eigenvalue weighted by Crippen LogP contribution is -2.57. The van der Waals surface area contributed by atoms with Crippen molar-refractivity contribution in [3.63, 3.8) is 0 Å². The van der Waals surface area contributed by atoms with E-state index in [4.69, 9.17) is 5.73 Å². The number of sulfone groups is 1. The van der Waals surface area contributed by atoms with Gasteiger partial charge in [0.05, 0.1) is 11.8 Å². The molecule has 11 heteroatoms. The maximum absolute atomic E-state index is 14.2. The van der Waals surface area contributed by atoms with E-state index in [1.807, 2.05) is 12.3 Å². The first kappa shape index (κ1) is 27.6. The van der Waals surface area contributed by atoms with Gasteiger partial charge in [0.15, 0.2) is 0 Å². The Morgan fingerprint density at radius 1 is 1.15 bits per heavy atom. The highest BCUT2D eigenvalue weighted by Gasteiger charge is 2.44. The number of benzene rings is 1. The van der Waals surface area contributed by atoms with Gasteiger partial charge in [-0.25, -0.2) is 32.2 Å². The lowest BCUT2D eigenvalue weighted by atomic mass is 9.83. The maximum Gasteiger partial charge on any atom is 0.263 e. The van der Waals surface area contributed by atoms with Gasteiger partial charge < -0.3 is 16.0 Å². The van der Waals surface area contributed by atoms with E-state index < -0.39 is 27.7 Å². The van der Waals surface area contributed by atoms with E-state index in [1.54, 1.807) is 12.3 Å². The average molecular weight is 559 g/mol. The number of hydrogen-bond acceptors (Lipinski definition) is 8. The molecule has 3 N–H and O–H groups in total. The number of fused-ring (bicyclic) bond motifs is 1. The molecule has 3 aromatic rings. The molecule has 1 saturated heterocycles. The average Bonchev–Trinajstić information content (AvgIpc) is 2.86. The summed E-state index contributed by atoms with van der Waals surface area (Å²) in [5.41, 5.74) is 7.81. The Kier molecular flexibility index (Phi) is 7.26. The lowest BCUT2D eigenvalue weighted by Gasteiger charge is -2.48. The van der Waals surface area contributed by atoms with Crippen LogP contribution >= 0.6 is 0 Å². The largest absolute Gasteiger partial charge is 0.368 e. The minimum Gasteiger partial charge on any atom is -0.368 e. The zero-order valence-corrected chi connectivity index (χ0v) is 23.5. The number of nitrogens with zero attached hydrogens (tertiary/aromatic N) is 4. The summed E-state index contributed by atoms with van der Waals surface area (Å²) in [5.74, 6) is -1.36. The predicted octanol–water partition coefficient (Wildman–Crippen LogP) is 4.99. The number of aromatic nitrogens is 3. The van der Waals surface area contributed by atoms with E-state index in [1.165, 1.54) is 11.8 Å². The number of nitrogens with two attached hydrogens (primary N) is 1. The van der Waals surface area contributed by atoms with Gasteiger partial charge >= 0.3 is 0 Å². The Hall–Kier alpha value is -2.92. The number of alkyl halides is 2. The lowest BCUT2D eigenvalue weighted by molar-refractivity contribution is -0.0591. The molecule has 2 aliphatic rings. The minimum atomic E-state index is -3.04. The van der Waals surface area contributed by atoms with Gasteiger partial charge in [-0.1, -0.05) is 19.9 Å². The zero-order chi connectivity index (χ0) is 28.1. The zero-order valence-electron chi connectivity index (χ0n) is 22.7. The summed E-state index contributed by atoms with van der Waals surface area (Å²) in [6.45, 7) is 7.02. The number of halogens is 2. The van der Waals surface area contributed by atoms with Crippen molar-refractivity contribution in [2.24, 2.45) is 11.7 Å². The van der Waals surface area contributed by atoms with Gasteiger partial charge in [-0.3, -0.25) is 0 Å². The van der Waals surface area contributed by atoms with Crippen LogP contribution in [0.2, 0.25) is 0 Å². The number of hydrogen-bond donors (Lipinski definition) is 2. The molecule has 4 atom stereocenters. The van der Waals surface area contributed by atoms with E-state index in [2.05, 4.69) is 58.1 Å². The second-order valence-corrected chi connectivity index (χ2v) is 13.6. The van der Waals surface area contributed by atoms with E-state index in [9.17, 15) is 17.2 Å². The van der Waals surface area contributed by atoms with E-state index in [-0.39, 0.29) is 36.5 Å². The van der Waals surface area contributed by atoms with E-state index in [0.717, 1.165) is 16.5 Å². The standard InChI is InChI=1S/C28H36F2N6O2S/c1-16(2)20-6-7-23(36-14-19(17(36)3)15-39(4,37)38)22-13-33-26(11-21(20)22)34-25-9-10-32-27(35-25)18-5-8-24(31)28(29,30)12-18/h6-7,9-11,13,16-19,24H,5,8,12,14-15,31H2,1-4H3,(H,32,33,34,35)/t17-,18+,19-,24-/m1/s1. The van der Waals surface area contributed by atoms with E-state index >= 15 is 0 Å². The molecule has 1 aromatic carbocycles. The first-order valence-corrected chi connectivity index (χ1v) is 15.5. The van der Waals surface area contributed by atoms with Crippen LogP contribution in [0, 0.1) is 5.92 Å². The Labute approximate surface area is 228 Å². The monoisotopic (exact) mass is 558 g/mol. The van der Waals surface area contributed by atoms with Crippen molar-refractivity contribution in [2.45, 2.75) is 69.9 Å². The molecular weight excluding hydrogens is 522 g/mol. The van der Waals surface area contributed by atoms with E-state index in [0.29, 0.717) is 30.4 Å². The molecule has 8 nitrogen and oxygen atoms in total.